The molecule has 1 saturated heterocycles. The van der Waals surface area contributed by atoms with Gasteiger partial charge in [-0.1, -0.05) is 37.3 Å². The first-order valence-electron chi connectivity index (χ1n) is 11.9. The van der Waals surface area contributed by atoms with E-state index in [2.05, 4.69) is 41.0 Å². The summed E-state index contributed by atoms with van der Waals surface area (Å²) < 4.78 is 5.20. The van der Waals surface area contributed by atoms with Crippen LogP contribution in [0.2, 0.25) is 0 Å². The van der Waals surface area contributed by atoms with Gasteiger partial charge in [0.05, 0.1) is 12.0 Å². The van der Waals surface area contributed by atoms with Crippen LogP contribution in [0.5, 0.6) is 0 Å². The number of thiophene rings is 1. The van der Waals surface area contributed by atoms with E-state index in [1.54, 1.807) is 4.90 Å². The average Bonchev–Trinajstić information content (AvgIpc) is 3.22. The highest BCUT2D eigenvalue weighted by Gasteiger charge is 2.29. The Morgan fingerprint density at radius 1 is 1.06 bits per heavy atom. The lowest BCUT2D eigenvalue weighted by Crippen LogP contribution is -2.49. The lowest BCUT2D eigenvalue weighted by molar-refractivity contribution is 0.105. The van der Waals surface area contributed by atoms with Crippen molar-refractivity contribution in [3.63, 3.8) is 0 Å². The number of piperazine rings is 1. The maximum atomic E-state index is 12.2. The molecular weight excluding hydrogens is 434 g/mol. The monoisotopic (exact) mass is 465 g/mol. The average molecular weight is 466 g/mol. The normalized spacial score (nSPS) is 16.8. The number of anilines is 1. The van der Waals surface area contributed by atoms with Gasteiger partial charge in [-0.05, 0) is 31.0 Å². The lowest BCUT2D eigenvalue weighted by atomic mass is 10.0. The fraction of sp³-hybridized carbons (Fsp3) is 0.480. The second kappa shape index (κ2) is 9.65. The largest absolute Gasteiger partial charge is 0.450 e. The molecule has 2 aromatic heterocycles. The van der Waals surface area contributed by atoms with Gasteiger partial charge in [0.15, 0.2) is 0 Å². The second-order valence-corrected chi connectivity index (χ2v) is 9.69. The number of fused-ring (bicyclic) bond motifs is 3. The summed E-state index contributed by atoms with van der Waals surface area (Å²) in [7, 11) is 0. The van der Waals surface area contributed by atoms with E-state index >= 15 is 0 Å². The van der Waals surface area contributed by atoms with Gasteiger partial charge in [-0.15, -0.1) is 11.3 Å². The smallest absolute Gasteiger partial charge is 0.409 e. The summed E-state index contributed by atoms with van der Waals surface area (Å²) in [6.07, 6.45) is 1.54. The molecule has 7 nitrogen and oxygen atoms in total. The van der Waals surface area contributed by atoms with Gasteiger partial charge in [-0.25, -0.2) is 14.8 Å². The molecule has 0 radical (unpaired) electrons. The van der Waals surface area contributed by atoms with E-state index < -0.39 is 0 Å². The molecule has 0 aliphatic carbocycles. The Kier molecular flexibility index (Phi) is 6.46. The highest BCUT2D eigenvalue weighted by molar-refractivity contribution is 7.19. The molecule has 1 aromatic carbocycles. The van der Waals surface area contributed by atoms with Crippen LogP contribution in [0.1, 0.15) is 35.7 Å². The lowest BCUT2D eigenvalue weighted by Gasteiger charge is -2.35. The first-order chi connectivity index (χ1) is 16.2. The van der Waals surface area contributed by atoms with E-state index in [4.69, 9.17) is 14.7 Å². The van der Waals surface area contributed by atoms with Crippen molar-refractivity contribution in [2.45, 2.75) is 33.2 Å². The van der Waals surface area contributed by atoms with Crippen LogP contribution in [-0.4, -0.2) is 71.7 Å². The van der Waals surface area contributed by atoms with Crippen molar-refractivity contribution in [1.82, 2.24) is 19.8 Å². The first-order valence-corrected chi connectivity index (χ1v) is 12.7. The Morgan fingerprint density at radius 3 is 2.58 bits per heavy atom. The summed E-state index contributed by atoms with van der Waals surface area (Å²) in [5.74, 6) is 1.90. The van der Waals surface area contributed by atoms with Crippen molar-refractivity contribution in [3.8, 4) is 0 Å². The van der Waals surface area contributed by atoms with Crippen LogP contribution >= 0.6 is 11.3 Å². The number of carbonyl (C=O) groups is 1. The van der Waals surface area contributed by atoms with Crippen LogP contribution < -0.4 is 4.90 Å². The number of carbonyl (C=O) groups excluding carboxylic acids is 1. The number of hydrogen-bond acceptors (Lipinski definition) is 7. The van der Waals surface area contributed by atoms with Gasteiger partial charge in [0.1, 0.15) is 16.5 Å². The maximum absolute atomic E-state index is 12.2. The van der Waals surface area contributed by atoms with Crippen molar-refractivity contribution in [2.75, 3.05) is 50.8 Å². The predicted octanol–water partition coefficient (Wildman–Crippen LogP) is 3.94. The number of ether oxygens (including phenoxy) is 1. The quantitative estimate of drug-likeness (QED) is 0.569. The zero-order chi connectivity index (χ0) is 22.8. The number of likely N-dealkylation sites (N-methyl/N-ethyl adjacent to an activating group) is 1. The standard InChI is InChI=1S/C25H31N5O2S/c1-3-28-11-10-19-20(17-28)33-24-22(19)23(26-21(27-24)16-18-8-6-5-7-9-18)29-12-14-30(15-13-29)25(31)32-4-2/h5-9H,3-4,10-17H2,1-2H3. The minimum atomic E-state index is -0.220. The molecule has 0 bridgehead atoms. The molecule has 4 heterocycles. The molecule has 5 rings (SSSR count). The molecule has 0 atom stereocenters. The van der Waals surface area contributed by atoms with E-state index in [-0.39, 0.29) is 6.09 Å². The Balaban J connectivity index is 1.50. The molecule has 1 amide bonds. The van der Waals surface area contributed by atoms with Gasteiger partial charge in [-0.2, -0.15) is 0 Å². The molecule has 1 fully saturated rings. The third-order valence-corrected chi connectivity index (χ3v) is 7.67. The molecule has 174 valence electrons. The number of nitrogens with zero attached hydrogens (tertiary/aromatic N) is 5. The van der Waals surface area contributed by atoms with Gasteiger partial charge in [0, 0.05) is 50.6 Å². The molecule has 33 heavy (non-hydrogen) atoms. The van der Waals surface area contributed by atoms with E-state index in [9.17, 15) is 4.79 Å². The Morgan fingerprint density at radius 2 is 1.85 bits per heavy atom. The summed E-state index contributed by atoms with van der Waals surface area (Å²) in [4.78, 5) is 31.5. The second-order valence-electron chi connectivity index (χ2n) is 8.60. The van der Waals surface area contributed by atoms with Crippen LogP contribution in [0.4, 0.5) is 10.6 Å². The summed E-state index contributed by atoms with van der Waals surface area (Å²) >= 11 is 1.83. The highest BCUT2D eigenvalue weighted by Crippen LogP contribution is 2.39. The number of rotatable bonds is 5. The third kappa shape index (κ3) is 4.54. The minimum absolute atomic E-state index is 0.220. The van der Waals surface area contributed by atoms with Gasteiger partial charge < -0.3 is 14.5 Å². The van der Waals surface area contributed by atoms with Crippen molar-refractivity contribution >= 4 is 33.5 Å². The molecule has 0 N–H and O–H groups in total. The van der Waals surface area contributed by atoms with Crippen molar-refractivity contribution in [1.29, 1.82) is 0 Å². The number of amides is 1. The van der Waals surface area contributed by atoms with Gasteiger partial charge in [-0.3, -0.25) is 4.90 Å². The van der Waals surface area contributed by atoms with E-state index in [0.717, 1.165) is 62.0 Å². The SMILES string of the molecule is CCOC(=O)N1CCN(c2nc(Cc3ccccc3)nc3sc4c(c23)CCN(CC)C4)CC1. The van der Waals surface area contributed by atoms with Crippen LogP contribution in [0.15, 0.2) is 30.3 Å². The topological polar surface area (TPSA) is 61.8 Å². The van der Waals surface area contributed by atoms with Gasteiger partial charge in [0.2, 0.25) is 0 Å². The molecule has 2 aliphatic rings. The molecule has 0 spiro atoms. The molecular formula is C25H31N5O2S. The van der Waals surface area contributed by atoms with Crippen LogP contribution in [0.25, 0.3) is 10.2 Å². The number of benzene rings is 1. The Hall–Kier alpha value is -2.71. The molecule has 8 heteroatoms. The van der Waals surface area contributed by atoms with E-state index in [1.807, 2.05) is 24.3 Å². The number of hydrogen-bond donors (Lipinski definition) is 0. The fourth-order valence-electron chi connectivity index (χ4n) is 4.74. The molecule has 2 aliphatic heterocycles. The fourth-order valence-corrected chi connectivity index (χ4v) is 6.02. The van der Waals surface area contributed by atoms with Gasteiger partial charge in [0.25, 0.3) is 0 Å². The van der Waals surface area contributed by atoms with Crippen LogP contribution in [0, 0.1) is 0 Å². The molecule has 0 saturated carbocycles. The molecule has 0 unspecified atom stereocenters. The Bertz CT molecular complexity index is 1120. The summed E-state index contributed by atoms with van der Waals surface area (Å²) in [6.45, 7) is 10.4. The maximum Gasteiger partial charge on any atom is 0.409 e. The summed E-state index contributed by atoms with van der Waals surface area (Å²) in [5, 5.41) is 1.23. The Labute approximate surface area is 199 Å². The highest BCUT2D eigenvalue weighted by atomic mass is 32.1. The van der Waals surface area contributed by atoms with E-state index in [0.29, 0.717) is 19.7 Å². The number of aromatic nitrogens is 2. The zero-order valence-corrected chi connectivity index (χ0v) is 20.2. The summed E-state index contributed by atoms with van der Waals surface area (Å²) in [6, 6.07) is 10.4. The van der Waals surface area contributed by atoms with Gasteiger partial charge >= 0.3 is 6.09 Å². The predicted molar refractivity (Wildman–Crippen MR) is 132 cm³/mol. The third-order valence-electron chi connectivity index (χ3n) is 6.56. The van der Waals surface area contributed by atoms with E-state index in [1.165, 1.54) is 21.4 Å². The first kappa shape index (κ1) is 22.1. The molecule has 3 aromatic rings. The van der Waals surface area contributed by atoms with Crippen molar-refractivity contribution < 1.29 is 9.53 Å². The van der Waals surface area contributed by atoms with Crippen LogP contribution in [0.3, 0.4) is 0 Å². The minimum Gasteiger partial charge on any atom is -0.450 e. The van der Waals surface area contributed by atoms with Crippen molar-refractivity contribution in [3.05, 3.63) is 52.2 Å². The van der Waals surface area contributed by atoms with Crippen molar-refractivity contribution in [2.24, 2.45) is 0 Å². The zero-order valence-electron chi connectivity index (χ0n) is 19.4. The summed E-state index contributed by atoms with van der Waals surface area (Å²) in [5.41, 5.74) is 2.64. The van der Waals surface area contributed by atoms with Crippen LogP contribution in [-0.2, 0) is 24.1 Å².